The third-order valence-electron chi connectivity index (χ3n) is 8.38. The van der Waals surface area contributed by atoms with Crippen molar-refractivity contribution in [2.24, 2.45) is 28.6 Å². The van der Waals surface area contributed by atoms with Gasteiger partial charge in [0, 0.05) is 25.2 Å². The fraction of sp³-hybridized carbons (Fsp3) is 0.696. The number of Topliss-reactive ketones (excluding diaryl/α,β-unsaturated/α-hetero) is 2. The topological polar surface area (TPSA) is 101 Å². The third kappa shape index (κ3) is 2.86. The quantitative estimate of drug-likeness (QED) is 0.693. The Morgan fingerprint density at radius 1 is 1.10 bits per heavy atom. The molecule has 4 rings (SSSR count). The van der Waals surface area contributed by atoms with E-state index >= 15 is 0 Å². The number of allylic oxidation sites excluding steroid dienone is 1. The Hall–Kier alpha value is -2.11. The van der Waals surface area contributed by atoms with Gasteiger partial charge in [0.1, 0.15) is 5.78 Å². The van der Waals surface area contributed by atoms with E-state index < -0.39 is 23.8 Å². The highest BCUT2D eigenvalue weighted by atomic mass is 16.5. The minimum Gasteiger partial charge on any atom is -0.504 e. The Morgan fingerprint density at radius 2 is 1.83 bits per heavy atom. The molecule has 3 fully saturated rings. The minimum absolute atomic E-state index is 0.0472. The molecule has 2 N–H and O–H groups in total. The number of esters is 1. The molecule has 0 spiro atoms. The molecule has 4 aliphatic rings. The van der Waals surface area contributed by atoms with Crippen LogP contribution >= 0.6 is 0 Å². The number of hydrogen-bond acceptors (Lipinski definition) is 6. The maximum atomic E-state index is 12.8. The van der Waals surface area contributed by atoms with Gasteiger partial charge in [0.2, 0.25) is 5.78 Å². The van der Waals surface area contributed by atoms with Crippen LogP contribution in [0.15, 0.2) is 22.7 Å². The fourth-order valence-corrected chi connectivity index (χ4v) is 6.93. The Bertz CT molecular complexity index is 851. The highest BCUT2D eigenvalue weighted by molar-refractivity contribution is 6.01. The maximum Gasteiger partial charge on any atom is 0.303 e. The molecule has 0 amide bonds. The van der Waals surface area contributed by atoms with E-state index in [-0.39, 0.29) is 28.4 Å². The Kier molecular flexibility index (Phi) is 4.67. The number of fused-ring (bicyclic) bond motifs is 5. The number of aliphatic hydroxyl groups is 2. The molecule has 3 saturated carbocycles. The summed E-state index contributed by atoms with van der Waals surface area (Å²) in [4.78, 5) is 35.9. The van der Waals surface area contributed by atoms with Gasteiger partial charge in [-0.1, -0.05) is 13.8 Å². The van der Waals surface area contributed by atoms with E-state index in [1.807, 2.05) is 6.92 Å². The van der Waals surface area contributed by atoms with E-state index in [9.17, 15) is 24.6 Å². The summed E-state index contributed by atoms with van der Waals surface area (Å²) in [5.74, 6) is -0.380. The number of ether oxygens (including phenoxy) is 1. The van der Waals surface area contributed by atoms with Crippen LogP contribution in [0.5, 0.6) is 0 Å². The lowest BCUT2D eigenvalue weighted by molar-refractivity contribution is -0.145. The van der Waals surface area contributed by atoms with Gasteiger partial charge in [-0.3, -0.25) is 14.4 Å². The van der Waals surface area contributed by atoms with Crippen LogP contribution in [-0.2, 0) is 19.1 Å². The Balaban J connectivity index is 1.66. The van der Waals surface area contributed by atoms with Gasteiger partial charge in [0.05, 0.1) is 5.57 Å². The van der Waals surface area contributed by atoms with Crippen molar-refractivity contribution in [2.45, 2.75) is 65.7 Å². The highest BCUT2D eigenvalue weighted by Crippen LogP contribution is 2.66. The van der Waals surface area contributed by atoms with Crippen molar-refractivity contribution in [1.82, 2.24) is 0 Å². The van der Waals surface area contributed by atoms with E-state index in [0.717, 1.165) is 31.3 Å². The lowest BCUT2D eigenvalue weighted by atomic mass is 9.46. The highest BCUT2D eigenvalue weighted by Gasteiger charge is 2.59. The summed E-state index contributed by atoms with van der Waals surface area (Å²) < 4.78 is 4.86. The van der Waals surface area contributed by atoms with Crippen molar-refractivity contribution in [2.75, 3.05) is 6.61 Å². The molecule has 0 bridgehead atoms. The van der Waals surface area contributed by atoms with E-state index in [2.05, 4.69) is 6.92 Å². The van der Waals surface area contributed by atoms with E-state index in [1.54, 1.807) is 0 Å². The smallest absolute Gasteiger partial charge is 0.303 e. The first kappa shape index (κ1) is 20.2. The van der Waals surface area contributed by atoms with Crippen molar-refractivity contribution < 1.29 is 29.3 Å². The normalized spacial score (nSPS) is 39.0. The number of ketones is 2. The van der Waals surface area contributed by atoms with E-state index in [0.29, 0.717) is 36.9 Å². The molecule has 6 heteroatoms. The van der Waals surface area contributed by atoms with Crippen LogP contribution in [-0.4, -0.2) is 34.4 Å². The summed E-state index contributed by atoms with van der Waals surface area (Å²) in [6.45, 7) is 5.01. The van der Waals surface area contributed by atoms with Crippen LogP contribution in [0.25, 0.3) is 0 Å². The molecule has 5 atom stereocenters. The van der Waals surface area contributed by atoms with Gasteiger partial charge in [-0.05, 0) is 60.8 Å². The van der Waals surface area contributed by atoms with Crippen molar-refractivity contribution in [3.05, 3.63) is 22.7 Å². The van der Waals surface area contributed by atoms with Crippen molar-refractivity contribution in [3.63, 3.8) is 0 Å². The summed E-state index contributed by atoms with van der Waals surface area (Å²) in [5.41, 5.74) is 0.260. The lowest BCUT2D eigenvalue weighted by Gasteiger charge is -2.58. The lowest BCUT2D eigenvalue weighted by Crippen LogP contribution is -2.51. The maximum absolute atomic E-state index is 12.8. The predicted octanol–water partition coefficient (Wildman–Crippen LogP) is 3.96. The molecule has 0 aromatic heterocycles. The molecule has 0 saturated heterocycles. The predicted molar refractivity (Wildman–Crippen MR) is 105 cm³/mol. The van der Waals surface area contributed by atoms with Crippen molar-refractivity contribution in [1.29, 1.82) is 0 Å². The van der Waals surface area contributed by atoms with Gasteiger partial charge >= 0.3 is 5.97 Å². The molecule has 0 heterocycles. The molecule has 0 aromatic carbocycles. The van der Waals surface area contributed by atoms with Crippen LogP contribution in [0, 0.1) is 28.6 Å². The molecule has 0 aromatic rings. The summed E-state index contributed by atoms with van der Waals surface area (Å²) in [6, 6.07) is 0. The summed E-state index contributed by atoms with van der Waals surface area (Å²) in [7, 11) is 0. The van der Waals surface area contributed by atoms with Gasteiger partial charge in [0.25, 0.3) is 0 Å². The third-order valence-corrected chi connectivity index (χ3v) is 8.38. The molecule has 4 aliphatic carbocycles. The number of carbonyl (C=O) groups excluding carboxylic acids is 3. The zero-order chi connectivity index (χ0) is 21.1. The van der Waals surface area contributed by atoms with Gasteiger partial charge in [0.15, 0.2) is 18.1 Å². The molecule has 0 aliphatic heterocycles. The molecule has 158 valence electrons. The summed E-state index contributed by atoms with van der Waals surface area (Å²) >= 11 is 0. The van der Waals surface area contributed by atoms with Gasteiger partial charge in [-0.2, -0.15) is 0 Å². The first-order chi connectivity index (χ1) is 13.6. The summed E-state index contributed by atoms with van der Waals surface area (Å²) in [5, 5.41) is 21.6. The zero-order valence-electron chi connectivity index (χ0n) is 17.4. The second-order valence-corrected chi connectivity index (χ2v) is 9.80. The van der Waals surface area contributed by atoms with Crippen LogP contribution in [0.3, 0.4) is 0 Å². The van der Waals surface area contributed by atoms with Crippen LogP contribution < -0.4 is 0 Å². The van der Waals surface area contributed by atoms with Crippen molar-refractivity contribution in [3.8, 4) is 0 Å². The molecular weight excluding hydrogens is 372 g/mol. The van der Waals surface area contributed by atoms with E-state index in [1.165, 1.54) is 6.92 Å². The number of carbonyl (C=O) groups is 3. The second kappa shape index (κ2) is 6.71. The van der Waals surface area contributed by atoms with Gasteiger partial charge < -0.3 is 14.9 Å². The van der Waals surface area contributed by atoms with Crippen molar-refractivity contribution >= 4 is 17.5 Å². The second-order valence-electron chi connectivity index (χ2n) is 9.80. The monoisotopic (exact) mass is 402 g/mol. The zero-order valence-corrected chi connectivity index (χ0v) is 17.4. The fourth-order valence-electron chi connectivity index (χ4n) is 6.93. The Morgan fingerprint density at radius 3 is 2.52 bits per heavy atom. The summed E-state index contributed by atoms with van der Waals surface area (Å²) in [6.07, 6.45) is 5.46. The van der Waals surface area contributed by atoms with Crippen LogP contribution in [0.4, 0.5) is 0 Å². The van der Waals surface area contributed by atoms with Crippen LogP contribution in [0.2, 0.25) is 0 Å². The van der Waals surface area contributed by atoms with Gasteiger partial charge in [-0.15, -0.1) is 0 Å². The molecule has 1 unspecified atom stereocenters. The van der Waals surface area contributed by atoms with Crippen LogP contribution in [0.1, 0.15) is 65.7 Å². The molecule has 29 heavy (non-hydrogen) atoms. The SMILES string of the molecule is CC(=O)OCC(=O)C1=C(O)C(O)=C2[C@@H]3CCC4CC(=O)CC[C@]4(C)[C@H]3CC[C@]12C. The first-order valence-electron chi connectivity index (χ1n) is 10.7. The Labute approximate surface area is 171 Å². The average Bonchev–Trinajstić information content (AvgIpc) is 2.86. The number of rotatable bonds is 3. The molecule has 6 nitrogen and oxygen atoms in total. The average molecular weight is 402 g/mol. The van der Waals surface area contributed by atoms with E-state index in [4.69, 9.17) is 4.74 Å². The minimum atomic E-state index is -0.736. The number of hydrogen-bond donors (Lipinski definition) is 2. The molecule has 0 radical (unpaired) electrons. The van der Waals surface area contributed by atoms with Gasteiger partial charge in [-0.25, -0.2) is 0 Å². The number of aliphatic hydroxyl groups excluding tert-OH is 2. The standard InChI is InChI=1S/C23H30O6/c1-12(24)29-11-17(26)19-21(28)20(27)18-15-5-4-13-10-14(25)6-8-22(13,2)16(15)7-9-23(18,19)3/h13,15-16,27-28H,4-11H2,1-3H3/t13?,15-,16+,22+,23+/m1/s1. The largest absolute Gasteiger partial charge is 0.504 e. The first-order valence-corrected chi connectivity index (χ1v) is 10.7. The molecular formula is C23H30O6.